The van der Waals surface area contributed by atoms with Gasteiger partial charge in [0.2, 0.25) is 0 Å². The van der Waals surface area contributed by atoms with Crippen LogP contribution in [-0.2, 0) is 4.79 Å². The van der Waals surface area contributed by atoms with Crippen LogP contribution in [0.4, 0.5) is 15.8 Å². The van der Waals surface area contributed by atoms with Gasteiger partial charge in [0.25, 0.3) is 11.8 Å². The fourth-order valence-electron chi connectivity index (χ4n) is 2.40. The van der Waals surface area contributed by atoms with Crippen LogP contribution in [0.3, 0.4) is 0 Å². The molecule has 2 N–H and O–H groups in total. The third kappa shape index (κ3) is 5.29. The van der Waals surface area contributed by atoms with Crippen LogP contribution in [0.2, 0.25) is 0 Å². The fourth-order valence-corrected chi connectivity index (χ4v) is 2.76. The van der Waals surface area contributed by atoms with Crippen LogP contribution in [0.5, 0.6) is 5.75 Å². The van der Waals surface area contributed by atoms with Gasteiger partial charge in [-0.05, 0) is 71.1 Å². The maximum absolute atomic E-state index is 13.6. The van der Waals surface area contributed by atoms with Crippen LogP contribution in [0.25, 0.3) is 0 Å². The lowest BCUT2D eigenvalue weighted by atomic mass is 10.2. The van der Waals surface area contributed by atoms with Crippen molar-refractivity contribution in [2.75, 3.05) is 17.2 Å². The van der Waals surface area contributed by atoms with Crippen molar-refractivity contribution in [1.82, 2.24) is 0 Å². The Hall–Kier alpha value is -2.94. The molecular formula is C21H16FIN2O3. The summed E-state index contributed by atoms with van der Waals surface area (Å²) in [5, 5.41) is 5.22. The van der Waals surface area contributed by atoms with E-state index in [4.69, 9.17) is 4.74 Å². The summed E-state index contributed by atoms with van der Waals surface area (Å²) in [5.74, 6) is -1.16. The van der Waals surface area contributed by atoms with Crippen molar-refractivity contribution in [3.05, 3.63) is 87.7 Å². The van der Waals surface area contributed by atoms with Crippen molar-refractivity contribution in [2.45, 2.75) is 0 Å². The predicted molar refractivity (Wildman–Crippen MR) is 114 cm³/mol. The molecule has 0 aromatic heterocycles. The number of hydrogen-bond donors (Lipinski definition) is 2. The Bertz CT molecular complexity index is 993. The summed E-state index contributed by atoms with van der Waals surface area (Å²) in [6.45, 7) is -0.359. The van der Waals surface area contributed by atoms with Crippen LogP contribution in [0.15, 0.2) is 72.8 Å². The van der Waals surface area contributed by atoms with Gasteiger partial charge in [-0.1, -0.05) is 24.3 Å². The first kappa shape index (κ1) is 19.8. The SMILES string of the molecule is O=C(COc1ccccc1C(=O)Nc1ccc(I)cc1)Nc1ccccc1F. The molecule has 5 nitrogen and oxygen atoms in total. The van der Waals surface area contributed by atoms with Gasteiger partial charge in [0.1, 0.15) is 11.6 Å². The fraction of sp³-hybridized carbons (Fsp3) is 0.0476. The van der Waals surface area contributed by atoms with Crippen LogP contribution < -0.4 is 15.4 Å². The van der Waals surface area contributed by atoms with Crippen molar-refractivity contribution in [2.24, 2.45) is 0 Å². The number of carbonyl (C=O) groups is 2. The van der Waals surface area contributed by atoms with E-state index in [1.54, 1.807) is 42.5 Å². The van der Waals surface area contributed by atoms with Gasteiger partial charge < -0.3 is 15.4 Å². The molecule has 7 heteroatoms. The van der Waals surface area contributed by atoms with Crippen molar-refractivity contribution in [1.29, 1.82) is 0 Å². The van der Waals surface area contributed by atoms with Gasteiger partial charge in [-0.15, -0.1) is 0 Å². The van der Waals surface area contributed by atoms with Crippen molar-refractivity contribution < 1.29 is 18.7 Å². The highest BCUT2D eigenvalue weighted by molar-refractivity contribution is 14.1. The van der Waals surface area contributed by atoms with Crippen LogP contribution in [-0.4, -0.2) is 18.4 Å². The zero-order chi connectivity index (χ0) is 19.9. The lowest BCUT2D eigenvalue weighted by Crippen LogP contribution is -2.22. The smallest absolute Gasteiger partial charge is 0.262 e. The Balaban J connectivity index is 1.65. The van der Waals surface area contributed by atoms with Crippen LogP contribution in [0.1, 0.15) is 10.4 Å². The molecular weight excluding hydrogens is 474 g/mol. The lowest BCUT2D eigenvalue weighted by molar-refractivity contribution is -0.118. The van der Waals surface area contributed by atoms with E-state index in [1.165, 1.54) is 18.2 Å². The lowest BCUT2D eigenvalue weighted by Gasteiger charge is -2.12. The highest BCUT2D eigenvalue weighted by Gasteiger charge is 2.14. The topological polar surface area (TPSA) is 67.4 Å². The Labute approximate surface area is 175 Å². The number of carbonyl (C=O) groups excluding carboxylic acids is 2. The Kier molecular flexibility index (Phi) is 6.59. The van der Waals surface area contributed by atoms with Gasteiger partial charge in [0, 0.05) is 9.26 Å². The largest absolute Gasteiger partial charge is 0.483 e. The zero-order valence-corrected chi connectivity index (χ0v) is 16.8. The minimum Gasteiger partial charge on any atom is -0.483 e. The first-order valence-electron chi connectivity index (χ1n) is 8.36. The summed E-state index contributed by atoms with van der Waals surface area (Å²) in [7, 11) is 0. The summed E-state index contributed by atoms with van der Waals surface area (Å²) in [5.41, 5.74) is 1.01. The first-order chi connectivity index (χ1) is 13.5. The van der Waals surface area contributed by atoms with E-state index in [0.717, 1.165) is 3.57 Å². The molecule has 0 heterocycles. The molecule has 28 heavy (non-hydrogen) atoms. The summed E-state index contributed by atoms with van der Waals surface area (Å²) >= 11 is 2.18. The minimum atomic E-state index is -0.534. The molecule has 3 rings (SSSR count). The number of anilines is 2. The molecule has 0 aliphatic carbocycles. The summed E-state index contributed by atoms with van der Waals surface area (Å²) < 4.78 is 20.2. The van der Waals surface area contributed by atoms with E-state index >= 15 is 0 Å². The molecule has 3 aromatic rings. The van der Waals surface area contributed by atoms with Crippen molar-refractivity contribution in [3.8, 4) is 5.75 Å². The molecule has 0 radical (unpaired) electrons. The number of nitrogens with one attached hydrogen (secondary N) is 2. The monoisotopic (exact) mass is 490 g/mol. The normalized spacial score (nSPS) is 10.2. The number of amides is 2. The summed E-state index contributed by atoms with van der Waals surface area (Å²) in [4.78, 5) is 24.6. The number of benzene rings is 3. The standard InChI is InChI=1S/C21H16FIN2O3/c22-17-6-2-3-7-18(17)25-20(26)13-28-19-8-4-1-5-16(19)21(27)24-15-11-9-14(23)10-12-15/h1-12H,13H2,(H,24,27)(H,25,26). The number of rotatable bonds is 6. The summed E-state index contributed by atoms with van der Waals surface area (Å²) in [6, 6.07) is 19.8. The second-order valence-corrected chi connectivity index (χ2v) is 7.02. The van der Waals surface area contributed by atoms with E-state index in [-0.39, 0.29) is 24.0 Å². The number of hydrogen-bond acceptors (Lipinski definition) is 3. The molecule has 3 aromatic carbocycles. The average molecular weight is 490 g/mol. The predicted octanol–water partition coefficient (Wildman–Crippen LogP) is 4.70. The van der Waals surface area contributed by atoms with E-state index in [9.17, 15) is 14.0 Å². The van der Waals surface area contributed by atoms with Gasteiger partial charge in [-0.25, -0.2) is 4.39 Å². The molecule has 0 saturated heterocycles. The highest BCUT2D eigenvalue weighted by atomic mass is 127. The number of para-hydroxylation sites is 2. The quantitative estimate of drug-likeness (QED) is 0.493. The van der Waals surface area contributed by atoms with Gasteiger partial charge >= 0.3 is 0 Å². The summed E-state index contributed by atoms with van der Waals surface area (Å²) in [6.07, 6.45) is 0. The molecule has 0 bridgehead atoms. The van der Waals surface area contributed by atoms with E-state index < -0.39 is 11.7 Å². The second kappa shape index (κ2) is 9.32. The maximum Gasteiger partial charge on any atom is 0.262 e. The van der Waals surface area contributed by atoms with Crippen molar-refractivity contribution >= 4 is 45.8 Å². The third-order valence-electron chi connectivity index (χ3n) is 3.74. The molecule has 0 spiro atoms. The number of ether oxygens (including phenoxy) is 1. The van der Waals surface area contributed by atoms with Gasteiger partial charge in [0.15, 0.2) is 6.61 Å². The van der Waals surface area contributed by atoms with E-state index in [2.05, 4.69) is 33.2 Å². The molecule has 0 aliphatic rings. The first-order valence-corrected chi connectivity index (χ1v) is 9.44. The van der Waals surface area contributed by atoms with Gasteiger partial charge in [0.05, 0.1) is 11.3 Å². The molecule has 0 aliphatic heterocycles. The molecule has 142 valence electrons. The molecule has 0 unspecified atom stereocenters. The molecule has 2 amide bonds. The van der Waals surface area contributed by atoms with Crippen LogP contribution in [0, 0.1) is 9.39 Å². The zero-order valence-electron chi connectivity index (χ0n) is 14.6. The maximum atomic E-state index is 13.6. The molecule has 0 atom stereocenters. The van der Waals surface area contributed by atoms with E-state index in [0.29, 0.717) is 11.3 Å². The Morgan fingerprint density at radius 2 is 1.57 bits per heavy atom. The third-order valence-corrected chi connectivity index (χ3v) is 4.46. The van der Waals surface area contributed by atoms with Gasteiger partial charge in [-0.2, -0.15) is 0 Å². The molecule has 0 fully saturated rings. The Morgan fingerprint density at radius 3 is 2.32 bits per heavy atom. The minimum absolute atomic E-state index is 0.0702. The number of halogens is 2. The van der Waals surface area contributed by atoms with Crippen LogP contribution >= 0.6 is 22.6 Å². The molecule has 0 saturated carbocycles. The second-order valence-electron chi connectivity index (χ2n) is 5.77. The Morgan fingerprint density at radius 1 is 0.893 bits per heavy atom. The highest BCUT2D eigenvalue weighted by Crippen LogP contribution is 2.20. The van der Waals surface area contributed by atoms with E-state index in [1.807, 2.05) is 12.1 Å². The van der Waals surface area contributed by atoms with Crippen molar-refractivity contribution in [3.63, 3.8) is 0 Å². The van der Waals surface area contributed by atoms with Gasteiger partial charge in [-0.3, -0.25) is 9.59 Å². The average Bonchev–Trinajstić information content (AvgIpc) is 2.70.